The monoisotopic (exact) mass is 499 g/mol. The number of aryl methyl sites for hydroxylation is 1. The Morgan fingerprint density at radius 3 is 2.47 bits per heavy atom. The van der Waals surface area contributed by atoms with Crippen LogP contribution in [0.3, 0.4) is 0 Å². The molecule has 34 heavy (non-hydrogen) atoms. The summed E-state index contributed by atoms with van der Waals surface area (Å²) < 4.78 is 64.5. The summed E-state index contributed by atoms with van der Waals surface area (Å²) in [6.45, 7) is 5.10. The number of pyridine rings is 1. The standard InChI is InChI=1S/C22H28F3N5O3S/c1-14-17(15(2)30(28-14)20-7-6-16(11-26-20)22(23,24)25)10-21(31)27-18-12-34(32,33)13-19(18)29-8-4-3-5-9-29/h6-7,11,18-19H,3-5,8-10,12-13H2,1-2H3,(H,27,31)/t18-,19+/m1/s1. The Kier molecular flexibility index (Phi) is 6.74. The molecular weight excluding hydrogens is 471 g/mol. The molecule has 12 heteroatoms. The van der Waals surface area contributed by atoms with Gasteiger partial charge in [0, 0.05) is 23.5 Å². The van der Waals surface area contributed by atoms with Crippen LogP contribution < -0.4 is 5.32 Å². The van der Waals surface area contributed by atoms with Crippen molar-refractivity contribution in [1.82, 2.24) is 25.0 Å². The van der Waals surface area contributed by atoms with Gasteiger partial charge in [-0.15, -0.1) is 0 Å². The topological polar surface area (TPSA) is 97.2 Å². The molecule has 1 amide bonds. The molecule has 0 unspecified atom stereocenters. The van der Waals surface area contributed by atoms with Gasteiger partial charge < -0.3 is 5.32 Å². The minimum atomic E-state index is -4.48. The third kappa shape index (κ3) is 5.27. The van der Waals surface area contributed by atoms with Crippen molar-refractivity contribution in [3.8, 4) is 5.82 Å². The van der Waals surface area contributed by atoms with Gasteiger partial charge in [-0.25, -0.2) is 18.1 Å². The Morgan fingerprint density at radius 1 is 1.15 bits per heavy atom. The fourth-order valence-corrected chi connectivity index (χ4v) is 6.78. The van der Waals surface area contributed by atoms with Gasteiger partial charge in [0.2, 0.25) is 5.91 Å². The summed E-state index contributed by atoms with van der Waals surface area (Å²) in [5, 5.41) is 7.28. The molecule has 0 radical (unpaired) electrons. The average Bonchev–Trinajstić information content (AvgIpc) is 3.23. The van der Waals surface area contributed by atoms with Crippen molar-refractivity contribution in [3.05, 3.63) is 40.8 Å². The van der Waals surface area contributed by atoms with Gasteiger partial charge in [-0.1, -0.05) is 6.42 Å². The van der Waals surface area contributed by atoms with E-state index in [2.05, 4.69) is 20.3 Å². The first-order chi connectivity index (χ1) is 15.9. The van der Waals surface area contributed by atoms with E-state index in [-0.39, 0.29) is 35.7 Å². The van der Waals surface area contributed by atoms with E-state index < -0.39 is 27.6 Å². The van der Waals surface area contributed by atoms with Gasteiger partial charge in [-0.2, -0.15) is 18.3 Å². The van der Waals surface area contributed by atoms with Crippen molar-refractivity contribution in [2.75, 3.05) is 24.6 Å². The van der Waals surface area contributed by atoms with Crippen LogP contribution in [0.4, 0.5) is 13.2 Å². The second kappa shape index (κ2) is 9.29. The van der Waals surface area contributed by atoms with Crippen LogP contribution in [0.1, 0.15) is 41.8 Å². The molecule has 2 atom stereocenters. The fraction of sp³-hybridized carbons (Fsp3) is 0.591. The van der Waals surface area contributed by atoms with Crippen LogP contribution in [-0.4, -0.2) is 70.7 Å². The molecule has 0 saturated carbocycles. The van der Waals surface area contributed by atoms with Crippen LogP contribution in [-0.2, 0) is 27.2 Å². The second-order valence-electron chi connectivity index (χ2n) is 9.06. The van der Waals surface area contributed by atoms with E-state index in [9.17, 15) is 26.4 Å². The quantitative estimate of drug-likeness (QED) is 0.678. The third-order valence-electron chi connectivity index (χ3n) is 6.60. The van der Waals surface area contributed by atoms with Crippen molar-refractivity contribution >= 4 is 15.7 Å². The highest BCUT2D eigenvalue weighted by molar-refractivity contribution is 7.91. The van der Waals surface area contributed by atoms with E-state index in [1.54, 1.807) is 13.8 Å². The molecule has 4 rings (SSSR count). The zero-order valence-electron chi connectivity index (χ0n) is 19.1. The van der Waals surface area contributed by atoms with Crippen molar-refractivity contribution in [2.45, 2.75) is 57.8 Å². The summed E-state index contributed by atoms with van der Waals surface area (Å²) in [5.41, 5.74) is 0.925. The van der Waals surface area contributed by atoms with Crippen LogP contribution >= 0.6 is 0 Å². The number of halogens is 3. The van der Waals surface area contributed by atoms with Crippen molar-refractivity contribution < 1.29 is 26.4 Å². The Morgan fingerprint density at radius 2 is 1.85 bits per heavy atom. The number of hydrogen-bond acceptors (Lipinski definition) is 6. The van der Waals surface area contributed by atoms with Crippen LogP contribution in [0.25, 0.3) is 5.82 Å². The molecular formula is C22H28F3N5O3S. The number of alkyl halides is 3. The molecule has 1 N–H and O–H groups in total. The van der Waals surface area contributed by atoms with Gasteiger partial charge in [0.05, 0.1) is 35.2 Å². The summed E-state index contributed by atoms with van der Waals surface area (Å²) in [7, 11) is -3.24. The smallest absolute Gasteiger partial charge is 0.350 e. The molecule has 2 aromatic heterocycles. The number of nitrogens with one attached hydrogen (secondary N) is 1. The Balaban J connectivity index is 1.48. The van der Waals surface area contributed by atoms with E-state index in [4.69, 9.17) is 0 Å². The van der Waals surface area contributed by atoms with Gasteiger partial charge in [-0.05, 0) is 51.9 Å². The summed E-state index contributed by atoms with van der Waals surface area (Å²) in [4.78, 5) is 19.0. The van der Waals surface area contributed by atoms with Gasteiger partial charge in [0.25, 0.3) is 0 Å². The molecule has 186 valence electrons. The predicted molar refractivity (Wildman–Crippen MR) is 119 cm³/mol. The Labute approximate surface area is 196 Å². The lowest BCUT2D eigenvalue weighted by Gasteiger charge is -2.35. The maximum Gasteiger partial charge on any atom is 0.417 e. The molecule has 0 aromatic carbocycles. The highest BCUT2D eigenvalue weighted by Gasteiger charge is 2.42. The molecule has 2 aliphatic heterocycles. The summed E-state index contributed by atoms with van der Waals surface area (Å²) in [6, 6.07) is 1.48. The van der Waals surface area contributed by atoms with E-state index in [1.165, 1.54) is 10.7 Å². The predicted octanol–water partition coefficient (Wildman–Crippen LogP) is 2.21. The number of aromatic nitrogens is 3. The van der Waals surface area contributed by atoms with E-state index in [0.29, 0.717) is 17.0 Å². The Hall–Kier alpha value is -2.47. The number of rotatable bonds is 5. The first-order valence-corrected chi connectivity index (χ1v) is 13.1. The zero-order chi connectivity index (χ0) is 24.7. The number of amides is 1. The van der Waals surface area contributed by atoms with Crippen LogP contribution in [0.5, 0.6) is 0 Å². The van der Waals surface area contributed by atoms with Gasteiger partial charge in [0.1, 0.15) is 0 Å². The summed E-state index contributed by atoms with van der Waals surface area (Å²) in [6.07, 6.45) is -0.576. The number of nitrogens with zero attached hydrogens (tertiary/aromatic N) is 4. The number of carbonyl (C=O) groups excluding carboxylic acids is 1. The van der Waals surface area contributed by atoms with Crippen LogP contribution in [0.2, 0.25) is 0 Å². The highest BCUT2D eigenvalue weighted by atomic mass is 32.2. The highest BCUT2D eigenvalue weighted by Crippen LogP contribution is 2.29. The molecule has 0 aliphatic carbocycles. The lowest BCUT2D eigenvalue weighted by molar-refractivity contribution is -0.137. The van der Waals surface area contributed by atoms with E-state index in [0.717, 1.165) is 44.6 Å². The Bertz CT molecular complexity index is 1160. The first-order valence-electron chi connectivity index (χ1n) is 11.3. The molecule has 2 aromatic rings. The molecule has 8 nitrogen and oxygen atoms in total. The summed E-state index contributed by atoms with van der Waals surface area (Å²) >= 11 is 0. The minimum absolute atomic E-state index is 0.0123. The fourth-order valence-electron chi connectivity index (χ4n) is 4.83. The molecule has 0 spiro atoms. The van der Waals surface area contributed by atoms with Crippen molar-refractivity contribution in [3.63, 3.8) is 0 Å². The molecule has 0 bridgehead atoms. The maximum absolute atomic E-state index is 12.9. The van der Waals surface area contributed by atoms with Crippen molar-refractivity contribution in [1.29, 1.82) is 0 Å². The van der Waals surface area contributed by atoms with Crippen LogP contribution in [0.15, 0.2) is 18.3 Å². The van der Waals surface area contributed by atoms with E-state index in [1.807, 2.05) is 0 Å². The largest absolute Gasteiger partial charge is 0.417 e. The molecule has 2 aliphatic rings. The van der Waals surface area contributed by atoms with Crippen molar-refractivity contribution in [2.24, 2.45) is 0 Å². The lowest BCUT2D eigenvalue weighted by Crippen LogP contribution is -2.52. The maximum atomic E-state index is 12.9. The normalized spacial score (nSPS) is 23.2. The molecule has 4 heterocycles. The van der Waals surface area contributed by atoms with Gasteiger partial charge in [-0.3, -0.25) is 9.69 Å². The molecule has 2 saturated heterocycles. The number of carbonyl (C=O) groups is 1. The number of hydrogen-bond donors (Lipinski definition) is 1. The van der Waals surface area contributed by atoms with Gasteiger partial charge >= 0.3 is 6.18 Å². The second-order valence-corrected chi connectivity index (χ2v) is 11.2. The van der Waals surface area contributed by atoms with Gasteiger partial charge in [0.15, 0.2) is 15.7 Å². The number of likely N-dealkylation sites (tertiary alicyclic amines) is 1. The average molecular weight is 500 g/mol. The first kappa shape index (κ1) is 24.6. The van der Waals surface area contributed by atoms with Crippen LogP contribution in [0, 0.1) is 13.8 Å². The molecule has 2 fully saturated rings. The van der Waals surface area contributed by atoms with E-state index >= 15 is 0 Å². The third-order valence-corrected chi connectivity index (χ3v) is 8.32. The number of sulfone groups is 1. The SMILES string of the molecule is Cc1nn(-c2ccc(C(F)(F)F)cn2)c(C)c1CC(=O)N[C@@H]1CS(=O)(=O)C[C@@H]1N1CCCCC1. The number of piperidine rings is 1. The summed E-state index contributed by atoms with van der Waals surface area (Å²) in [5.74, 6) is -0.123. The minimum Gasteiger partial charge on any atom is -0.350 e. The zero-order valence-corrected chi connectivity index (χ0v) is 19.9. The lowest BCUT2D eigenvalue weighted by atomic mass is 10.0.